The zero-order valence-corrected chi connectivity index (χ0v) is 26.9. The van der Waals surface area contributed by atoms with Crippen LogP contribution in [0.2, 0.25) is 0 Å². The van der Waals surface area contributed by atoms with Crippen LogP contribution in [0.15, 0.2) is 94.4 Å². The Kier molecular flexibility index (Phi) is 7.43. The Bertz CT molecular complexity index is 1920. The Balaban J connectivity index is 1.52. The number of hydrogen-bond donors (Lipinski definition) is 0. The molecule has 0 N–H and O–H groups in total. The summed E-state index contributed by atoms with van der Waals surface area (Å²) in [6.45, 7) is 6.35. The third kappa shape index (κ3) is 4.91. The van der Waals surface area contributed by atoms with Gasteiger partial charge in [0.1, 0.15) is 16.8 Å². The predicted molar refractivity (Wildman–Crippen MR) is 175 cm³/mol. The fourth-order valence-electron chi connectivity index (χ4n) is 5.70. The summed E-state index contributed by atoms with van der Waals surface area (Å²) in [5.41, 5.74) is 5.47. The number of fused-ring (bicyclic) bond motifs is 1. The molecule has 0 bridgehead atoms. The first-order chi connectivity index (χ1) is 20.8. The molecule has 5 aromatic rings. The lowest BCUT2D eigenvalue weighted by Gasteiger charge is -2.38. The molecular weight excluding hydrogens is 648 g/mol. The van der Waals surface area contributed by atoms with Crippen LogP contribution < -0.4 is 5.30 Å². The Morgan fingerprint density at radius 1 is 0.930 bits per heavy atom. The van der Waals surface area contributed by atoms with Crippen LogP contribution >= 0.6 is 22.3 Å². The third-order valence-electron chi connectivity index (χ3n) is 7.77. The predicted octanol–water partition coefficient (Wildman–Crippen LogP) is 7.22. The minimum Gasteiger partial charge on any atom is -0.431 e. The molecule has 2 aromatic heterocycles. The van der Waals surface area contributed by atoms with Crippen molar-refractivity contribution < 1.29 is 13.7 Å². The lowest BCUT2D eigenvalue weighted by molar-refractivity contribution is 0.0723. The molecule has 0 saturated carbocycles. The Labute approximate surface area is 262 Å². The van der Waals surface area contributed by atoms with Crippen LogP contribution in [0.4, 0.5) is 10.2 Å². The van der Waals surface area contributed by atoms with Gasteiger partial charge in [-0.25, -0.2) is 13.7 Å². The lowest BCUT2D eigenvalue weighted by atomic mass is 10.2. The average molecular weight is 677 g/mol. The second kappa shape index (κ2) is 11.3. The van der Waals surface area contributed by atoms with E-state index in [2.05, 4.69) is 20.6 Å². The maximum atomic E-state index is 15.0. The minimum absolute atomic E-state index is 0.293. The number of rotatable bonds is 5. The van der Waals surface area contributed by atoms with Crippen LogP contribution in [0, 0.1) is 19.7 Å². The van der Waals surface area contributed by atoms with Crippen molar-refractivity contribution in [1.82, 2.24) is 19.0 Å². The number of morpholine rings is 1. The average Bonchev–Trinajstić information content (AvgIpc) is 3.56. The van der Waals surface area contributed by atoms with Gasteiger partial charge in [0.25, 0.3) is 0 Å². The zero-order chi connectivity index (χ0) is 29.7. The van der Waals surface area contributed by atoms with Gasteiger partial charge < -0.3 is 13.8 Å². The van der Waals surface area contributed by atoms with E-state index in [0.29, 0.717) is 49.4 Å². The molecule has 2 aliphatic heterocycles. The molecule has 0 radical (unpaired) electrons. The highest BCUT2D eigenvalue weighted by molar-refractivity contribution is 9.10. The summed E-state index contributed by atoms with van der Waals surface area (Å²) in [4.78, 5) is 5.11. The number of halogens is 2. The molecular formula is C32H28BrFN5O2PS. The molecule has 218 valence electrons. The summed E-state index contributed by atoms with van der Waals surface area (Å²) in [5, 5.41) is 6.01. The fraction of sp³-hybridized carbons (Fsp3) is 0.188. The van der Waals surface area contributed by atoms with Crippen molar-refractivity contribution in [2.45, 2.75) is 13.8 Å². The maximum absolute atomic E-state index is 15.0. The monoisotopic (exact) mass is 675 g/mol. The normalized spacial score (nSPS) is 18.7. The van der Waals surface area contributed by atoms with Gasteiger partial charge in [-0.15, -0.1) is 0 Å². The molecule has 1 saturated heterocycles. The molecule has 1 unspecified atom stereocenters. The van der Waals surface area contributed by atoms with Gasteiger partial charge in [0, 0.05) is 40.1 Å². The van der Waals surface area contributed by atoms with E-state index in [-0.39, 0.29) is 5.82 Å². The maximum Gasteiger partial charge on any atom is 0.227 e. The van der Waals surface area contributed by atoms with Gasteiger partial charge in [-0.2, -0.15) is 10.1 Å². The highest BCUT2D eigenvalue weighted by atomic mass is 79.9. The number of benzene rings is 3. The molecule has 3 aromatic carbocycles. The number of aromatic nitrogens is 3. The number of ether oxygens (including phenoxy) is 1. The van der Waals surface area contributed by atoms with E-state index in [4.69, 9.17) is 31.2 Å². The summed E-state index contributed by atoms with van der Waals surface area (Å²) in [7, 11) is 0. The van der Waals surface area contributed by atoms with Crippen LogP contribution in [0.3, 0.4) is 0 Å². The second-order valence-corrected chi connectivity index (χ2v) is 15.1. The van der Waals surface area contributed by atoms with Crippen molar-refractivity contribution in [3.05, 3.63) is 112 Å². The van der Waals surface area contributed by atoms with E-state index in [1.54, 1.807) is 12.1 Å². The molecule has 1 fully saturated rings. The molecule has 0 aliphatic carbocycles. The molecule has 0 amide bonds. The van der Waals surface area contributed by atoms with E-state index in [1.165, 1.54) is 6.07 Å². The molecule has 43 heavy (non-hydrogen) atoms. The van der Waals surface area contributed by atoms with Crippen LogP contribution in [0.5, 0.6) is 0 Å². The number of aryl methyl sites for hydroxylation is 1. The van der Waals surface area contributed by atoms with E-state index in [1.807, 2.05) is 89.8 Å². The van der Waals surface area contributed by atoms with Crippen LogP contribution in [0.25, 0.3) is 22.6 Å². The Morgan fingerprint density at radius 3 is 2.35 bits per heavy atom. The summed E-state index contributed by atoms with van der Waals surface area (Å²) in [5.74, 6) is 0.823. The quantitative estimate of drug-likeness (QED) is 0.184. The first-order valence-electron chi connectivity index (χ1n) is 14.0. The SMILES string of the molecule is Cc1cc(-c2nn(-c3ccccc3)c3c2P(=S)(N2CCOCC2)OC(c2ccc(Br)cc2)=N3)c(C)n1-c1ccccc1F. The van der Waals surface area contributed by atoms with Crippen molar-refractivity contribution in [2.24, 2.45) is 4.99 Å². The van der Waals surface area contributed by atoms with E-state index in [9.17, 15) is 0 Å². The van der Waals surface area contributed by atoms with Crippen molar-refractivity contribution in [3.8, 4) is 22.6 Å². The first-order valence-corrected chi connectivity index (χ1v) is 17.4. The Morgan fingerprint density at radius 2 is 1.63 bits per heavy atom. The topological polar surface area (TPSA) is 56.8 Å². The van der Waals surface area contributed by atoms with Crippen molar-refractivity contribution in [1.29, 1.82) is 0 Å². The molecule has 7 nitrogen and oxygen atoms in total. The first kappa shape index (κ1) is 28.4. The number of hydrogen-bond acceptors (Lipinski definition) is 5. The van der Waals surface area contributed by atoms with Gasteiger partial charge in [-0.05, 0) is 80.3 Å². The number of nitrogens with zero attached hydrogens (tertiary/aromatic N) is 5. The highest BCUT2D eigenvalue weighted by Crippen LogP contribution is 2.58. The van der Waals surface area contributed by atoms with Crippen LogP contribution in [0.1, 0.15) is 17.0 Å². The largest absolute Gasteiger partial charge is 0.431 e. The Hall–Kier alpha value is -3.40. The van der Waals surface area contributed by atoms with Crippen molar-refractivity contribution >= 4 is 51.2 Å². The van der Waals surface area contributed by atoms with Gasteiger partial charge >= 0.3 is 0 Å². The smallest absolute Gasteiger partial charge is 0.227 e. The van der Waals surface area contributed by atoms with Crippen molar-refractivity contribution in [3.63, 3.8) is 0 Å². The third-order valence-corrected chi connectivity index (χ3v) is 12.3. The molecule has 7 rings (SSSR count). The van der Waals surface area contributed by atoms with E-state index in [0.717, 1.165) is 38.0 Å². The zero-order valence-electron chi connectivity index (χ0n) is 23.6. The van der Waals surface area contributed by atoms with Gasteiger partial charge in [0.15, 0.2) is 5.82 Å². The van der Waals surface area contributed by atoms with Gasteiger partial charge in [-0.3, -0.25) is 0 Å². The van der Waals surface area contributed by atoms with Gasteiger partial charge in [0.05, 0.1) is 24.6 Å². The standard InChI is InChI=1S/C32H28BrFN5O2PS/c1-21-20-26(22(2)38(21)28-11-7-6-10-27(28)34)29-30-31(39(36-29)25-8-4-3-5-9-25)35-32(23-12-14-24(33)15-13-23)41-42(30,43)37-16-18-40-19-17-37/h3-15,20H,16-19H2,1-2H3. The lowest BCUT2D eigenvalue weighted by Crippen LogP contribution is -2.39. The molecule has 11 heteroatoms. The second-order valence-electron chi connectivity index (χ2n) is 10.4. The van der Waals surface area contributed by atoms with Gasteiger partial charge in [0.2, 0.25) is 12.3 Å². The molecule has 4 heterocycles. The molecule has 1 atom stereocenters. The summed E-state index contributed by atoms with van der Waals surface area (Å²) in [6.07, 6.45) is -2.94. The van der Waals surface area contributed by atoms with E-state index < -0.39 is 6.42 Å². The fourth-order valence-corrected chi connectivity index (χ4v) is 9.56. The highest BCUT2D eigenvalue weighted by Gasteiger charge is 2.44. The number of para-hydroxylation sites is 2. The van der Waals surface area contributed by atoms with E-state index >= 15 is 4.39 Å². The van der Waals surface area contributed by atoms with Crippen LogP contribution in [-0.4, -0.2) is 51.2 Å². The summed E-state index contributed by atoms with van der Waals surface area (Å²) >= 11 is 10.2. The minimum atomic E-state index is -2.94. The summed E-state index contributed by atoms with van der Waals surface area (Å²) in [6, 6.07) is 26.6. The summed E-state index contributed by atoms with van der Waals surface area (Å²) < 4.78 is 34.6. The van der Waals surface area contributed by atoms with Crippen molar-refractivity contribution in [2.75, 3.05) is 26.3 Å². The number of aliphatic imine (C=N–C) groups is 1. The molecule has 2 aliphatic rings. The van der Waals surface area contributed by atoms with Crippen LogP contribution in [-0.2, 0) is 21.1 Å². The molecule has 0 spiro atoms. The van der Waals surface area contributed by atoms with Gasteiger partial charge in [-0.1, -0.05) is 46.3 Å².